The number of aromatic nitrogens is 1. The minimum atomic E-state index is -0.329. The molecule has 2 N–H and O–H groups in total. The van der Waals surface area contributed by atoms with Gasteiger partial charge in [-0.05, 0) is 24.3 Å². The summed E-state index contributed by atoms with van der Waals surface area (Å²) in [6, 6.07) is 1.64. The third-order valence-corrected chi connectivity index (χ3v) is 3.52. The molecular formula is C13H19ClN2O2. The number of amides is 1. The highest BCUT2D eigenvalue weighted by Crippen LogP contribution is 2.29. The van der Waals surface area contributed by atoms with Crippen molar-refractivity contribution in [3.8, 4) is 0 Å². The van der Waals surface area contributed by atoms with Gasteiger partial charge in [-0.1, -0.05) is 25.4 Å². The Morgan fingerprint density at radius 1 is 1.61 bits per heavy atom. The fourth-order valence-corrected chi connectivity index (χ4v) is 2.70. The van der Waals surface area contributed by atoms with Gasteiger partial charge in [0.15, 0.2) is 0 Å². The van der Waals surface area contributed by atoms with Crippen LogP contribution in [0.3, 0.4) is 0 Å². The Bertz CT molecular complexity index is 442. The molecule has 0 unspecified atom stereocenters. The summed E-state index contributed by atoms with van der Waals surface area (Å²) < 4.78 is 0. The van der Waals surface area contributed by atoms with E-state index in [-0.39, 0.29) is 17.4 Å². The highest BCUT2D eigenvalue weighted by Gasteiger charge is 2.31. The van der Waals surface area contributed by atoms with E-state index >= 15 is 0 Å². The van der Waals surface area contributed by atoms with Crippen LogP contribution in [0.25, 0.3) is 0 Å². The summed E-state index contributed by atoms with van der Waals surface area (Å²) in [7, 11) is 0. The molecule has 0 bridgehead atoms. The Labute approximate surface area is 112 Å². The molecule has 1 aromatic heterocycles. The number of nitrogens with zero attached hydrogens (tertiary/aromatic N) is 1. The van der Waals surface area contributed by atoms with E-state index in [0.717, 1.165) is 6.42 Å². The lowest BCUT2D eigenvalue weighted by Gasteiger charge is -2.29. The number of rotatable bonds is 1. The molecule has 0 spiro atoms. The SMILES string of the molecule is CC1(C)C[C@@H](O)CCN(C(=O)c2cc(Cl)c[nH]2)C1. The first-order chi connectivity index (χ1) is 8.37. The van der Waals surface area contributed by atoms with Crippen molar-refractivity contribution < 1.29 is 9.90 Å². The standard InChI is InChI=1S/C13H19ClN2O2/c1-13(2)6-10(17)3-4-16(8-13)12(18)11-5-9(14)7-15-11/h5,7,10,15,17H,3-4,6,8H2,1-2H3/t10-/m0/s1. The number of hydrogen-bond donors (Lipinski definition) is 2. The van der Waals surface area contributed by atoms with Gasteiger partial charge in [0.1, 0.15) is 5.69 Å². The summed E-state index contributed by atoms with van der Waals surface area (Å²) in [6.45, 7) is 5.38. The lowest BCUT2D eigenvalue weighted by atomic mass is 9.87. The molecular weight excluding hydrogens is 252 g/mol. The van der Waals surface area contributed by atoms with Gasteiger partial charge in [0.2, 0.25) is 0 Å². The Morgan fingerprint density at radius 3 is 2.94 bits per heavy atom. The zero-order chi connectivity index (χ0) is 13.3. The predicted octanol–water partition coefficient (Wildman–Crippen LogP) is 2.29. The van der Waals surface area contributed by atoms with Gasteiger partial charge in [-0.3, -0.25) is 4.79 Å². The summed E-state index contributed by atoms with van der Waals surface area (Å²) >= 11 is 5.81. The number of H-pyrrole nitrogens is 1. The van der Waals surface area contributed by atoms with E-state index < -0.39 is 0 Å². The molecule has 2 heterocycles. The van der Waals surface area contributed by atoms with Gasteiger partial charge in [-0.25, -0.2) is 0 Å². The first kappa shape index (κ1) is 13.4. The van der Waals surface area contributed by atoms with Crippen LogP contribution < -0.4 is 0 Å². The van der Waals surface area contributed by atoms with Crippen molar-refractivity contribution >= 4 is 17.5 Å². The van der Waals surface area contributed by atoms with Crippen LogP contribution in [-0.2, 0) is 0 Å². The molecule has 1 aliphatic rings. The summed E-state index contributed by atoms with van der Waals surface area (Å²) in [5.41, 5.74) is 0.439. The summed E-state index contributed by atoms with van der Waals surface area (Å²) in [5, 5.41) is 10.4. The largest absolute Gasteiger partial charge is 0.393 e. The van der Waals surface area contributed by atoms with E-state index in [2.05, 4.69) is 18.8 Å². The summed E-state index contributed by atoms with van der Waals surface area (Å²) in [4.78, 5) is 17.0. The number of nitrogens with one attached hydrogen (secondary N) is 1. The van der Waals surface area contributed by atoms with Crippen LogP contribution in [0.15, 0.2) is 12.3 Å². The van der Waals surface area contributed by atoms with Gasteiger partial charge in [-0.2, -0.15) is 0 Å². The van der Waals surface area contributed by atoms with Crippen molar-refractivity contribution in [1.82, 2.24) is 9.88 Å². The zero-order valence-electron chi connectivity index (χ0n) is 10.7. The van der Waals surface area contributed by atoms with Gasteiger partial charge < -0.3 is 15.0 Å². The summed E-state index contributed by atoms with van der Waals surface area (Å²) in [5.74, 6) is -0.0518. The monoisotopic (exact) mass is 270 g/mol. The highest BCUT2D eigenvalue weighted by molar-refractivity contribution is 6.30. The van der Waals surface area contributed by atoms with Crippen LogP contribution in [0, 0.1) is 5.41 Å². The van der Waals surface area contributed by atoms with Gasteiger partial charge in [-0.15, -0.1) is 0 Å². The lowest BCUT2D eigenvalue weighted by Crippen LogP contribution is -2.37. The van der Waals surface area contributed by atoms with Crippen molar-refractivity contribution in [3.05, 3.63) is 23.0 Å². The average molecular weight is 271 g/mol. The molecule has 1 saturated heterocycles. The third kappa shape index (κ3) is 3.06. The maximum atomic E-state index is 12.3. The number of aliphatic hydroxyl groups excluding tert-OH is 1. The fraction of sp³-hybridized carbons (Fsp3) is 0.615. The predicted molar refractivity (Wildman–Crippen MR) is 70.7 cm³/mol. The van der Waals surface area contributed by atoms with Gasteiger partial charge in [0.25, 0.3) is 5.91 Å². The molecule has 100 valence electrons. The van der Waals surface area contributed by atoms with Crippen LogP contribution in [-0.4, -0.2) is 40.1 Å². The molecule has 0 saturated carbocycles. The van der Waals surface area contributed by atoms with Crippen LogP contribution in [0.2, 0.25) is 5.02 Å². The van der Waals surface area contributed by atoms with Crippen LogP contribution in [0.5, 0.6) is 0 Å². The Balaban J connectivity index is 2.15. The number of carbonyl (C=O) groups excluding carboxylic acids is 1. The number of aliphatic hydroxyl groups is 1. The van der Waals surface area contributed by atoms with Gasteiger partial charge >= 0.3 is 0 Å². The molecule has 0 aromatic carbocycles. The second-order valence-electron chi connectivity index (χ2n) is 5.77. The van der Waals surface area contributed by atoms with Gasteiger partial charge in [0.05, 0.1) is 11.1 Å². The molecule has 4 nitrogen and oxygen atoms in total. The molecule has 1 fully saturated rings. The highest BCUT2D eigenvalue weighted by atomic mass is 35.5. The molecule has 5 heteroatoms. The topological polar surface area (TPSA) is 56.3 Å². The van der Waals surface area contributed by atoms with Crippen LogP contribution in [0.1, 0.15) is 37.2 Å². The zero-order valence-corrected chi connectivity index (χ0v) is 11.5. The maximum Gasteiger partial charge on any atom is 0.270 e. The molecule has 1 aromatic rings. The maximum absolute atomic E-state index is 12.3. The first-order valence-corrected chi connectivity index (χ1v) is 6.56. The number of likely N-dealkylation sites (tertiary alicyclic amines) is 1. The quantitative estimate of drug-likeness (QED) is 0.823. The van der Waals surface area contributed by atoms with Gasteiger partial charge in [0, 0.05) is 19.3 Å². The molecule has 18 heavy (non-hydrogen) atoms. The van der Waals surface area contributed by atoms with E-state index in [4.69, 9.17) is 11.6 Å². The van der Waals surface area contributed by atoms with E-state index in [1.165, 1.54) is 0 Å². The average Bonchev–Trinajstić information content (AvgIpc) is 2.63. The van der Waals surface area contributed by atoms with E-state index in [1.807, 2.05) is 0 Å². The smallest absolute Gasteiger partial charge is 0.270 e. The minimum absolute atomic E-state index is 0.0518. The number of carbonyl (C=O) groups is 1. The van der Waals surface area contributed by atoms with Crippen LogP contribution in [0.4, 0.5) is 0 Å². The van der Waals surface area contributed by atoms with E-state index in [1.54, 1.807) is 17.2 Å². The summed E-state index contributed by atoms with van der Waals surface area (Å²) in [6.07, 6.45) is 2.63. The van der Waals surface area contributed by atoms with E-state index in [0.29, 0.717) is 30.2 Å². The van der Waals surface area contributed by atoms with Crippen LogP contribution >= 0.6 is 11.6 Å². The Hall–Kier alpha value is -1.00. The number of halogens is 1. The Kier molecular flexibility index (Phi) is 3.69. The van der Waals surface area contributed by atoms with Crippen molar-refractivity contribution in [2.75, 3.05) is 13.1 Å². The Morgan fingerprint density at radius 2 is 2.33 bits per heavy atom. The normalized spacial score (nSPS) is 23.8. The minimum Gasteiger partial charge on any atom is -0.393 e. The molecule has 1 aliphatic heterocycles. The van der Waals surface area contributed by atoms with Crippen molar-refractivity contribution in [3.63, 3.8) is 0 Å². The third-order valence-electron chi connectivity index (χ3n) is 3.30. The molecule has 2 rings (SSSR count). The number of hydrogen-bond acceptors (Lipinski definition) is 2. The van der Waals surface area contributed by atoms with Crippen molar-refractivity contribution in [1.29, 1.82) is 0 Å². The van der Waals surface area contributed by atoms with Crippen molar-refractivity contribution in [2.45, 2.75) is 32.8 Å². The molecule has 0 aliphatic carbocycles. The second kappa shape index (κ2) is 4.94. The van der Waals surface area contributed by atoms with Crippen molar-refractivity contribution in [2.24, 2.45) is 5.41 Å². The molecule has 0 radical (unpaired) electrons. The fourth-order valence-electron chi connectivity index (χ4n) is 2.54. The molecule has 1 amide bonds. The number of aromatic amines is 1. The second-order valence-corrected chi connectivity index (χ2v) is 6.21. The molecule has 1 atom stereocenters. The lowest BCUT2D eigenvalue weighted by molar-refractivity contribution is 0.0699. The first-order valence-electron chi connectivity index (χ1n) is 6.19. The van der Waals surface area contributed by atoms with E-state index in [9.17, 15) is 9.90 Å².